The Morgan fingerprint density at radius 2 is 1.81 bits per heavy atom. The van der Waals surface area contributed by atoms with Crippen LogP contribution < -0.4 is 5.73 Å². The summed E-state index contributed by atoms with van der Waals surface area (Å²) in [5.74, 6) is 0.769. The summed E-state index contributed by atoms with van der Waals surface area (Å²) >= 11 is 0. The largest absolute Gasteiger partial charge is 0.398 e. The smallest absolute Gasteiger partial charge is 0.0465 e. The first-order valence-corrected chi connectivity index (χ1v) is 9.52. The number of H-pyrrole nitrogens is 1. The highest BCUT2D eigenvalue weighted by Crippen LogP contribution is 2.28. The third-order valence-corrected chi connectivity index (χ3v) is 4.75. The van der Waals surface area contributed by atoms with Crippen LogP contribution in [0.3, 0.4) is 0 Å². The van der Waals surface area contributed by atoms with E-state index in [4.69, 9.17) is 5.73 Å². The molecule has 1 heterocycles. The number of aryl methyl sites for hydroxylation is 1. The Morgan fingerprint density at radius 3 is 2.44 bits per heavy atom. The summed E-state index contributed by atoms with van der Waals surface area (Å²) < 4.78 is 0. The van der Waals surface area contributed by atoms with Crippen LogP contribution in [0, 0.1) is 12.8 Å². The van der Waals surface area contributed by atoms with Gasteiger partial charge < -0.3 is 10.7 Å². The van der Waals surface area contributed by atoms with Gasteiger partial charge in [0.25, 0.3) is 0 Å². The van der Waals surface area contributed by atoms with Gasteiger partial charge in [-0.2, -0.15) is 0 Å². The quantitative estimate of drug-likeness (QED) is 0.496. The second kappa shape index (κ2) is 8.59. The predicted molar refractivity (Wildman–Crippen MR) is 120 cm³/mol. The van der Waals surface area contributed by atoms with Crippen LogP contribution in [0.5, 0.6) is 0 Å². The Balaban J connectivity index is 0.000000253. The third kappa shape index (κ3) is 4.59. The fourth-order valence-corrected chi connectivity index (χ4v) is 3.19. The first kappa shape index (κ1) is 18.8. The summed E-state index contributed by atoms with van der Waals surface area (Å²) in [6.07, 6.45) is 15.7. The van der Waals surface area contributed by atoms with E-state index >= 15 is 0 Å². The third-order valence-electron chi connectivity index (χ3n) is 4.75. The molecule has 1 aromatic heterocycles. The number of hydrogen-bond donors (Lipinski definition) is 2. The minimum absolute atomic E-state index is 0.769. The zero-order valence-electron chi connectivity index (χ0n) is 16.4. The van der Waals surface area contributed by atoms with Crippen molar-refractivity contribution in [2.75, 3.05) is 0 Å². The van der Waals surface area contributed by atoms with Crippen LogP contribution >= 0.6 is 0 Å². The van der Waals surface area contributed by atoms with Crippen LogP contribution in [0.25, 0.3) is 27.5 Å². The molecule has 0 saturated carbocycles. The number of fused-ring (bicyclic) bond motifs is 3. The van der Waals surface area contributed by atoms with E-state index in [1.165, 1.54) is 28.3 Å². The summed E-state index contributed by atoms with van der Waals surface area (Å²) in [6.45, 7) is 6.32. The number of hydrogen-bond acceptors (Lipinski definition) is 1. The molecule has 0 amide bonds. The van der Waals surface area contributed by atoms with Crippen molar-refractivity contribution in [1.29, 1.82) is 0 Å². The highest BCUT2D eigenvalue weighted by molar-refractivity contribution is 6.08. The summed E-state index contributed by atoms with van der Waals surface area (Å²) in [4.78, 5) is 3.44. The maximum atomic E-state index is 6.11. The van der Waals surface area contributed by atoms with Gasteiger partial charge in [-0.25, -0.2) is 0 Å². The van der Waals surface area contributed by atoms with E-state index in [0.717, 1.165) is 22.7 Å². The van der Waals surface area contributed by atoms with Crippen LogP contribution in [0.15, 0.2) is 78.9 Å². The van der Waals surface area contributed by atoms with Crippen molar-refractivity contribution in [3.63, 3.8) is 0 Å². The SMILES string of the molecule is C/C=C\C=C(/N)c1ccc2[nH]c3ccc(C)cc3c2c1.CC1C=CC=CC1. The zero-order chi connectivity index (χ0) is 19.2. The van der Waals surface area contributed by atoms with E-state index in [9.17, 15) is 0 Å². The number of aromatic nitrogens is 1. The van der Waals surface area contributed by atoms with Crippen molar-refractivity contribution in [3.05, 3.63) is 90.1 Å². The fraction of sp³-hybridized carbons (Fsp3) is 0.200. The number of benzene rings is 2. The molecular weight excluding hydrogens is 328 g/mol. The van der Waals surface area contributed by atoms with E-state index in [2.05, 4.69) is 79.5 Å². The molecule has 1 aliphatic rings. The molecule has 2 nitrogen and oxygen atoms in total. The molecular formula is C25H28N2. The van der Waals surface area contributed by atoms with E-state index in [1.54, 1.807) is 0 Å². The highest BCUT2D eigenvalue weighted by atomic mass is 14.7. The van der Waals surface area contributed by atoms with Crippen molar-refractivity contribution in [2.45, 2.75) is 27.2 Å². The summed E-state index contributed by atoms with van der Waals surface area (Å²) in [7, 11) is 0. The lowest BCUT2D eigenvalue weighted by Gasteiger charge is -2.02. The van der Waals surface area contributed by atoms with Gasteiger partial charge in [0, 0.05) is 27.5 Å². The molecule has 2 heteroatoms. The van der Waals surface area contributed by atoms with Gasteiger partial charge >= 0.3 is 0 Å². The molecule has 0 radical (unpaired) electrons. The fourth-order valence-electron chi connectivity index (χ4n) is 3.19. The molecule has 138 valence electrons. The summed E-state index contributed by atoms with van der Waals surface area (Å²) in [5, 5.41) is 2.47. The predicted octanol–water partition coefficient (Wildman–Crippen LogP) is 6.64. The van der Waals surface area contributed by atoms with Crippen LogP contribution in [0.2, 0.25) is 0 Å². The van der Waals surface area contributed by atoms with Gasteiger partial charge in [-0.1, -0.05) is 61.1 Å². The number of allylic oxidation sites excluding steroid dienone is 7. The van der Waals surface area contributed by atoms with Crippen LogP contribution in [0.1, 0.15) is 31.4 Å². The Hall–Kier alpha value is -3.00. The maximum absolute atomic E-state index is 6.11. The monoisotopic (exact) mass is 356 g/mol. The minimum Gasteiger partial charge on any atom is -0.398 e. The Bertz CT molecular complexity index is 1040. The Morgan fingerprint density at radius 1 is 1.07 bits per heavy atom. The van der Waals surface area contributed by atoms with Crippen molar-refractivity contribution in [1.82, 2.24) is 4.98 Å². The lowest BCUT2D eigenvalue weighted by Crippen LogP contribution is -1.95. The normalized spacial score (nSPS) is 16.9. The topological polar surface area (TPSA) is 41.8 Å². The molecule has 3 aromatic rings. The molecule has 0 aliphatic heterocycles. The lowest BCUT2D eigenvalue weighted by atomic mass is 10.0. The molecule has 1 atom stereocenters. The van der Waals surface area contributed by atoms with Crippen LogP contribution in [-0.4, -0.2) is 4.98 Å². The number of nitrogens with two attached hydrogens (primary N) is 1. The van der Waals surface area contributed by atoms with E-state index in [1.807, 2.05) is 25.2 Å². The molecule has 1 aliphatic carbocycles. The van der Waals surface area contributed by atoms with E-state index < -0.39 is 0 Å². The van der Waals surface area contributed by atoms with Crippen molar-refractivity contribution in [2.24, 2.45) is 11.7 Å². The number of nitrogens with one attached hydrogen (secondary N) is 1. The average Bonchev–Trinajstić information content (AvgIpc) is 3.04. The molecule has 1 unspecified atom stereocenters. The Labute approximate surface area is 161 Å². The average molecular weight is 357 g/mol. The van der Waals surface area contributed by atoms with Gasteiger partial charge in [-0.15, -0.1) is 0 Å². The van der Waals surface area contributed by atoms with Gasteiger partial charge in [0.1, 0.15) is 0 Å². The lowest BCUT2D eigenvalue weighted by molar-refractivity contribution is 0.737. The minimum atomic E-state index is 0.769. The second-order valence-electron chi connectivity index (χ2n) is 7.11. The molecule has 4 rings (SSSR count). The van der Waals surface area contributed by atoms with Crippen LogP contribution in [-0.2, 0) is 0 Å². The van der Waals surface area contributed by atoms with Gasteiger partial charge in [0.15, 0.2) is 0 Å². The second-order valence-corrected chi connectivity index (χ2v) is 7.11. The van der Waals surface area contributed by atoms with Gasteiger partial charge in [-0.3, -0.25) is 0 Å². The van der Waals surface area contributed by atoms with Gasteiger partial charge in [0.05, 0.1) is 0 Å². The van der Waals surface area contributed by atoms with E-state index in [0.29, 0.717) is 0 Å². The molecule has 0 saturated heterocycles. The number of rotatable bonds is 2. The van der Waals surface area contributed by atoms with Crippen molar-refractivity contribution >= 4 is 27.5 Å². The van der Waals surface area contributed by atoms with Crippen molar-refractivity contribution in [3.8, 4) is 0 Å². The van der Waals surface area contributed by atoms with E-state index in [-0.39, 0.29) is 0 Å². The molecule has 3 N–H and O–H groups in total. The van der Waals surface area contributed by atoms with Gasteiger partial charge in [0.2, 0.25) is 0 Å². The standard InChI is InChI=1S/C18H18N2.C7H10/c1-3-4-5-16(19)13-7-9-18-15(11-13)14-10-12(2)6-8-17(14)20-18;1-7-5-3-2-4-6-7/h3-11,20H,19H2,1-2H3;2-5,7H,6H2,1H3/b4-3-,16-5-;. The molecule has 27 heavy (non-hydrogen) atoms. The molecule has 0 spiro atoms. The molecule has 0 fully saturated rings. The molecule has 0 bridgehead atoms. The first-order chi connectivity index (χ1) is 13.1. The number of aromatic amines is 1. The zero-order valence-corrected chi connectivity index (χ0v) is 16.4. The first-order valence-electron chi connectivity index (χ1n) is 9.52. The highest BCUT2D eigenvalue weighted by Gasteiger charge is 2.06. The maximum Gasteiger partial charge on any atom is 0.0465 e. The summed E-state index contributed by atoms with van der Waals surface area (Å²) in [5.41, 5.74) is 11.5. The van der Waals surface area contributed by atoms with Crippen molar-refractivity contribution < 1.29 is 0 Å². The van der Waals surface area contributed by atoms with Gasteiger partial charge in [-0.05, 0) is 62.1 Å². The van der Waals surface area contributed by atoms with Crippen LogP contribution in [0.4, 0.5) is 0 Å². The molecule has 2 aromatic carbocycles. The summed E-state index contributed by atoms with van der Waals surface area (Å²) in [6, 6.07) is 12.8. The Kier molecular flexibility index (Phi) is 5.97.